The van der Waals surface area contributed by atoms with Crippen LogP contribution in [0.15, 0.2) is 18.2 Å². The van der Waals surface area contributed by atoms with E-state index in [1.54, 1.807) is 7.11 Å². The van der Waals surface area contributed by atoms with Gasteiger partial charge in [-0.2, -0.15) is 0 Å². The highest BCUT2D eigenvalue weighted by atomic mass is 32.2. The molecule has 0 radical (unpaired) electrons. The first-order valence-electron chi connectivity index (χ1n) is 7.53. The Morgan fingerprint density at radius 3 is 2.62 bits per heavy atom. The second kappa shape index (κ2) is 7.92. The molecule has 0 spiro atoms. The van der Waals surface area contributed by atoms with Crippen LogP contribution in [0.5, 0.6) is 0 Å². The lowest BCUT2D eigenvalue weighted by Gasteiger charge is -2.32. The van der Waals surface area contributed by atoms with E-state index in [1.807, 2.05) is 12.1 Å². The van der Waals surface area contributed by atoms with Crippen LogP contribution in [-0.2, 0) is 21.2 Å². The zero-order valence-corrected chi connectivity index (χ0v) is 13.8. The van der Waals surface area contributed by atoms with Gasteiger partial charge >= 0.3 is 0 Å². The standard InChI is InChI=1S/C16H25NO3S/c1-13-15(12-21(18)19)4-3-5-16(13)14-6-8-17(9-7-14)10-11-20-2/h3-5,14,21H,6-12H2,1-2H3. The molecule has 4 nitrogen and oxygen atoms in total. The summed E-state index contributed by atoms with van der Waals surface area (Å²) in [6, 6.07) is 6.08. The number of piperidine rings is 1. The largest absolute Gasteiger partial charge is 0.383 e. The molecule has 1 fully saturated rings. The number of ether oxygens (including phenoxy) is 1. The van der Waals surface area contributed by atoms with E-state index in [2.05, 4.69) is 17.9 Å². The molecule has 21 heavy (non-hydrogen) atoms. The van der Waals surface area contributed by atoms with Crippen LogP contribution in [0.3, 0.4) is 0 Å². The van der Waals surface area contributed by atoms with Gasteiger partial charge in [-0.25, -0.2) is 8.42 Å². The summed E-state index contributed by atoms with van der Waals surface area (Å²) in [6.07, 6.45) is 2.27. The molecule has 1 aromatic rings. The molecule has 0 unspecified atom stereocenters. The van der Waals surface area contributed by atoms with E-state index >= 15 is 0 Å². The van der Waals surface area contributed by atoms with Crippen LogP contribution < -0.4 is 0 Å². The quantitative estimate of drug-likeness (QED) is 0.816. The summed E-state index contributed by atoms with van der Waals surface area (Å²) >= 11 is 0. The predicted octanol–water partition coefficient (Wildman–Crippen LogP) is 1.93. The molecular formula is C16H25NO3S. The number of rotatable bonds is 6. The molecule has 0 bridgehead atoms. The van der Waals surface area contributed by atoms with Gasteiger partial charge in [-0.3, -0.25) is 0 Å². The minimum atomic E-state index is -2.36. The maximum absolute atomic E-state index is 11.0. The van der Waals surface area contributed by atoms with Crippen LogP contribution in [0.2, 0.25) is 0 Å². The highest BCUT2D eigenvalue weighted by molar-refractivity contribution is 7.71. The van der Waals surface area contributed by atoms with Gasteiger partial charge in [0.2, 0.25) is 0 Å². The number of thiol groups is 1. The van der Waals surface area contributed by atoms with Gasteiger partial charge in [0.05, 0.1) is 12.4 Å². The van der Waals surface area contributed by atoms with Gasteiger partial charge in [-0.05, 0) is 55.5 Å². The molecule has 1 aliphatic rings. The number of hydrogen-bond donors (Lipinski definition) is 1. The summed E-state index contributed by atoms with van der Waals surface area (Å²) < 4.78 is 27.1. The van der Waals surface area contributed by atoms with E-state index < -0.39 is 10.7 Å². The fraction of sp³-hybridized carbons (Fsp3) is 0.625. The van der Waals surface area contributed by atoms with Crippen LogP contribution in [0.4, 0.5) is 0 Å². The lowest BCUT2D eigenvalue weighted by atomic mass is 9.85. The molecule has 0 N–H and O–H groups in total. The molecule has 0 amide bonds. The van der Waals surface area contributed by atoms with E-state index in [1.165, 1.54) is 5.56 Å². The Labute approximate surface area is 129 Å². The Bertz CT molecular complexity index is 526. The van der Waals surface area contributed by atoms with Crippen molar-refractivity contribution in [2.75, 3.05) is 33.4 Å². The predicted molar refractivity (Wildman–Crippen MR) is 85.5 cm³/mol. The molecule has 0 saturated carbocycles. The highest BCUT2D eigenvalue weighted by Gasteiger charge is 2.22. The summed E-state index contributed by atoms with van der Waals surface area (Å²) in [7, 11) is -0.621. The zero-order chi connectivity index (χ0) is 15.2. The van der Waals surface area contributed by atoms with Gasteiger partial charge in [0, 0.05) is 13.7 Å². The maximum atomic E-state index is 11.0. The first-order valence-corrected chi connectivity index (χ1v) is 8.89. The minimum absolute atomic E-state index is 0.154. The molecule has 1 heterocycles. The van der Waals surface area contributed by atoms with Crippen LogP contribution in [0.25, 0.3) is 0 Å². The summed E-state index contributed by atoms with van der Waals surface area (Å²) in [4.78, 5) is 2.44. The van der Waals surface area contributed by atoms with Crippen LogP contribution >= 0.6 is 0 Å². The van der Waals surface area contributed by atoms with Crippen molar-refractivity contribution < 1.29 is 13.2 Å². The number of benzene rings is 1. The number of likely N-dealkylation sites (tertiary alicyclic amines) is 1. The number of hydrogen-bond acceptors (Lipinski definition) is 4. The first-order chi connectivity index (χ1) is 10.1. The van der Waals surface area contributed by atoms with Gasteiger partial charge in [-0.15, -0.1) is 0 Å². The van der Waals surface area contributed by atoms with Gasteiger partial charge in [0.25, 0.3) is 0 Å². The summed E-state index contributed by atoms with van der Waals surface area (Å²) in [5, 5.41) is 0. The van der Waals surface area contributed by atoms with Crippen molar-refractivity contribution in [1.29, 1.82) is 0 Å². The molecule has 2 rings (SSSR count). The van der Waals surface area contributed by atoms with E-state index in [9.17, 15) is 8.42 Å². The van der Waals surface area contributed by atoms with Crippen molar-refractivity contribution >= 4 is 10.7 Å². The third kappa shape index (κ3) is 4.53. The molecule has 5 heteroatoms. The Kier molecular flexibility index (Phi) is 6.21. The Morgan fingerprint density at radius 1 is 1.29 bits per heavy atom. The Balaban J connectivity index is 2.03. The van der Waals surface area contributed by atoms with Crippen LogP contribution in [0, 0.1) is 6.92 Å². The fourth-order valence-corrected chi connectivity index (χ4v) is 3.76. The molecular weight excluding hydrogens is 286 g/mol. The van der Waals surface area contributed by atoms with Gasteiger partial charge in [0.1, 0.15) is 10.7 Å². The highest BCUT2D eigenvalue weighted by Crippen LogP contribution is 2.31. The van der Waals surface area contributed by atoms with E-state index in [-0.39, 0.29) is 5.75 Å². The van der Waals surface area contributed by atoms with Crippen molar-refractivity contribution in [3.8, 4) is 0 Å². The van der Waals surface area contributed by atoms with Gasteiger partial charge < -0.3 is 9.64 Å². The normalized spacial score (nSPS) is 17.5. The smallest absolute Gasteiger partial charge is 0.144 e. The average Bonchev–Trinajstić information content (AvgIpc) is 2.47. The van der Waals surface area contributed by atoms with Crippen molar-refractivity contribution in [3.63, 3.8) is 0 Å². The fourth-order valence-electron chi connectivity index (χ4n) is 3.14. The summed E-state index contributed by atoms with van der Waals surface area (Å²) in [5.74, 6) is 0.704. The van der Waals surface area contributed by atoms with Crippen molar-refractivity contribution in [2.45, 2.75) is 31.4 Å². The second-order valence-corrected chi connectivity index (χ2v) is 6.71. The molecule has 1 saturated heterocycles. The van der Waals surface area contributed by atoms with Crippen molar-refractivity contribution in [1.82, 2.24) is 4.90 Å². The SMILES string of the molecule is COCCN1CCC(c2cccc(C[SH](=O)=O)c2C)CC1. The lowest BCUT2D eigenvalue weighted by molar-refractivity contribution is 0.130. The van der Waals surface area contributed by atoms with Gasteiger partial charge in [0.15, 0.2) is 0 Å². The molecule has 118 valence electrons. The molecule has 0 atom stereocenters. The zero-order valence-electron chi connectivity index (χ0n) is 12.9. The van der Waals surface area contributed by atoms with E-state index in [0.717, 1.165) is 50.2 Å². The van der Waals surface area contributed by atoms with Crippen molar-refractivity contribution in [3.05, 3.63) is 34.9 Å². The number of nitrogens with zero attached hydrogens (tertiary/aromatic N) is 1. The third-order valence-corrected chi connectivity index (χ3v) is 5.03. The Hall–Kier alpha value is -0.910. The first kappa shape index (κ1) is 16.5. The maximum Gasteiger partial charge on any atom is 0.144 e. The molecule has 1 aromatic carbocycles. The molecule has 0 aromatic heterocycles. The van der Waals surface area contributed by atoms with E-state index in [0.29, 0.717) is 5.92 Å². The molecule has 1 aliphatic heterocycles. The van der Waals surface area contributed by atoms with E-state index in [4.69, 9.17) is 4.74 Å². The lowest BCUT2D eigenvalue weighted by Crippen LogP contribution is -2.35. The Morgan fingerprint density at radius 2 is 2.00 bits per heavy atom. The molecule has 0 aliphatic carbocycles. The number of methoxy groups -OCH3 is 1. The topological polar surface area (TPSA) is 46.6 Å². The summed E-state index contributed by atoms with van der Waals surface area (Å²) in [6.45, 7) is 6.02. The van der Waals surface area contributed by atoms with Crippen LogP contribution in [-0.4, -0.2) is 46.7 Å². The van der Waals surface area contributed by atoms with Gasteiger partial charge in [-0.1, -0.05) is 18.2 Å². The second-order valence-electron chi connectivity index (χ2n) is 5.73. The minimum Gasteiger partial charge on any atom is -0.383 e. The van der Waals surface area contributed by atoms with Crippen molar-refractivity contribution in [2.24, 2.45) is 0 Å². The average molecular weight is 311 g/mol. The van der Waals surface area contributed by atoms with Crippen LogP contribution in [0.1, 0.15) is 35.4 Å². The third-order valence-electron chi connectivity index (χ3n) is 4.43. The summed E-state index contributed by atoms with van der Waals surface area (Å²) in [5.41, 5.74) is 3.44. The monoisotopic (exact) mass is 311 g/mol.